The summed E-state index contributed by atoms with van der Waals surface area (Å²) in [6, 6.07) is 0.0628. The molecule has 0 spiro atoms. The second-order valence-corrected chi connectivity index (χ2v) is 11.1. The van der Waals surface area contributed by atoms with Gasteiger partial charge < -0.3 is 20.3 Å². The number of pyridine rings is 1. The molecule has 5 N–H and O–H groups in total. The Bertz CT molecular complexity index is 1350. The van der Waals surface area contributed by atoms with Crippen molar-refractivity contribution in [2.24, 2.45) is 0 Å². The van der Waals surface area contributed by atoms with E-state index in [0.717, 1.165) is 7.05 Å². The van der Waals surface area contributed by atoms with Gasteiger partial charge in [-0.25, -0.2) is 27.7 Å². The molecule has 0 aliphatic carbocycles. The first-order valence-corrected chi connectivity index (χ1v) is 13.1. The van der Waals surface area contributed by atoms with Gasteiger partial charge >= 0.3 is 22.2 Å². The van der Waals surface area contributed by atoms with Gasteiger partial charge in [-0.05, 0) is 0 Å². The number of rotatable bonds is 7. The molecule has 0 aliphatic rings. The molecule has 0 fully saturated rings. The number of nitrogens with zero attached hydrogens (tertiary/aromatic N) is 4. The molecule has 2 rings (SSSR count). The van der Waals surface area contributed by atoms with Gasteiger partial charge in [0.1, 0.15) is 5.02 Å². The smallest absolute Gasteiger partial charge is 0.356 e. The van der Waals surface area contributed by atoms with E-state index in [1.807, 2.05) is 5.32 Å². The molecular formula is C15H18Cl3N7O9S2. The summed E-state index contributed by atoms with van der Waals surface area (Å²) < 4.78 is 57.0. The van der Waals surface area contributed by atoms with Gasteiger partial charge in [-0.1, -0.05) is 38.5 Å². The van der Waals surface area contributed by atoms with Crippen LogP contribution in [0, 0.1) is 0 Å². The number of nitrogen functional groups attached to an aromatic ring is 1. The van der Waals surface area contributed by atoms with Crippen LogP contribution in [0.4, 0.5) is 16.4 Å². The quantitative estimate of drug-likeness (QED) is 0.322. The molecule has 200 valence electrons. The number of nitrogens with two attached hydrogens (primary N) is 1. The highest BCUT2D eigenvalue weighted by atomic mass is 35.5. The lowest BCUT2D eigenvalue weighted by molar-refractivity contribution is 0.0690. The maximum Gasteiger partial charge on any atom is 0.356 e. The molecule has 0 saturated heterocycles. The molecule has 0 atom stereocenters. The van der Waals surface area contributed by atoms with Crippen LogP contribution >= 0.6 is 34.8 Å². The highest BCUT2D eigenvalue weighted by Gasteiger charge is 2.28. The van der Waals surface area contributed by atoms with E-state index in [0.29, 0.717) is 6.26 Å². The number of methoxy groups -OCH3 is 2. The maximum atomic E-state index is 11.7. The van der Waals surface area contributed by atoms with Crippen LogP contribution in [-0.2, 0) is 20.2 Å². The summed E-state index contributed by atoms with van der Waals surface area (Å²) in [7, 11) is -5.27. The van der Waals surface area contributed by atoms with E-state index in [4.69, 9.17) is 55.1 Å². The second-order valence-electron chi connectivity index (χ2n) is 6.08. The third-order valence-electron chi connectivity index (χ3n) is 3.62. The van der Waals surface area contributed by atoms with Crippen LogP contribution in [0.1, 0.15) is 10.5 Å². The minimum atomic E-state index is -4.60. The van der Waals surface area contributed by atoms with Crippen LogP contribution in [0.2, 0.25) is 15.2 Å². The molecule has 2 amide bonds. The Hall–Kier alpha value is -2.90. The Kier molecular flexibility index (Phi) is 10.7. The van der Waals surface area contributed by atoms with Crippen LogP contribution in [0.15, 0.2) is 6.07 Å². The van der Waals surface area contributed by atoms with Gasteiger partial charge in [0.2, 0.25) is 27.7 Å². The van der Waals surface area contributed by atoms with Crippen molar-refractivity contribution < 1.29 is 41.0 Å². The molecule has 2 aromatic heterocycles. The molecule has 0 aliphatic heterocycles. The topological polar surface area (TPSA) is 233 Å². The molecule has 16 nitrogen and oxygen atoms in total. The van der Waals surface area contributed by atoms with E-state index >= 15 is 0 Å². The Morgan fingerprint density at radius 1 is 1.03 bits per heavy atom. The number of aromatic nitrogens is 3. The zero-order valence-corrected chi connectivity index (χ0v) is 22.5. The van der Waals surface area contributed by atoms with Gasteiger partial charge in [0, 0.05) is 7.05 Å². The predicted octanol–water partition coefficient (Wildman–Crippen LogP) is 1.07. The van der Waals surface area contributed by atoms with E-state index in [9.17, 15) is 26.4 Å². The van der Waals surface area contributed by atoms with Gasteiger partial charge in [-0.2, -0.15) is 18.4 Å². The van der Waals surface area contributed by atoms with E-state index < -0.39 is 37.9 Å². The standard InChI is InChI=1S/C9H15N5O7S2.C6H3Cl3N2O2/c1-14(22(4,16)17)23(18,19)13-9(15)12-8-10-6(20-2)5-7(11-8)21-3;7-1-3(10)2(8)5(9)11-4(1)6(12)13/h5H,1-4H3,(H2,10,11,12,13,15);(H2,10,11)(H,12,13). The highest BCUT2D eigenvalue weighted by Crippen LogP contribution is 2.34. The lowest BCUT2D eigenvalue weighted by Gasteiger charge is -2.15. The number of anilines is 2. The molecule has 36 heavy (non-hydrogen) atoms. The van der Waals surface area contributed by atoms with Gasteiger partial charge in [0.15, 0.2) is 10.8 Å². The predicted molar refractivity (Wildman–Crippen MR) is 129 cm³/mol. The number of carboxylic acids is 1. The number of carboxylic acid groups (broad SMARTS) is 1. The van der Waals surface area contributed by atoms with E-state index in [-0.39, 0.29) is 42.3 Å². The zero-order chi connectivity index (χ0) is 28.0. The fourth-order valence-corrected chi connectivity index (χ4v) is 4.37. The summed E-state index contributed by atoms with van der Waals surface area (Å²) in [6.45, 7) is 0. The molecule has 0 saturated carbocycles. The molecule has 2 heterocycles. The number of halogens is 3. The van der Waals surface area contributed by atoms with Gasteiger partial charge in [0.25, 0.3) is 0 Å². The van der Waals surface area contributed by atoms with Gasteiger partial charge in [-0.15, -0.1) is 0 Å². The molecular weight excluding hydrogens is 593 g/mol. The van der Waals surface area contributed by atoms with Crippen LogP contribution in [0.5, 0.6) is 11.8 Å². The first-order chi connectivity index (χ1) is 16.4. The molecule has 0 radical (unpaired) electrons. The van der Waals surface area contributed by atoms with Gasteiger partial charge in [0.05, 0.1) is 37.3 Å². The minimum absolute atomic E-state index is 0.00654. The van der Waals surface area contributed by atoms with Crippen molar-refractivity contribution in [1.82, 2.24) is 23.4 Å². The van der Waals surface area contributed by atoms with E-state index in [1.54, 1.807) is 0 Å². The third-order valence-corrected chi connectivity index (χ3v) is 8.22. The van der Waals surface area contributed by atoms with Crippen molar-refractivity contribution in [1.29, 1.82) is 0 Å². The lowest BCUT2D eigenvalue weighted by atomic mass is 10.3. The molecule has 2 aromatic rings. The van der Waals surface area contributed by atoms with Crippen molar-refractivity contribution in [2.45, 2.75) is 0 Å². The summed E-state index contributed by atoms with van der Waals surface area (Å²) >= 11 is 16.6. The number of sulfonamides is 1. The Morgan fingerprint density at radius 3 is 1.94 bits per heavy atom. The number of hydrogen-bond donors (Lipinski definition) is 4. The fraction of sp³-hybridized carbons (Fsp3) is 0.267. The van der Waals surface area contributed by atoms with Crippen LogP contribution in [-0.4, -0.2) is 80.1 Å². The van der Waals surface area contributed by atoms with Crippen molar-refractivity contribution in [3.05, 3.63) is 27.0 Å². The minimum Gasteiger partial charge on any atom is -0.481 e. The number of ether oxygens (including phenoxy) is 2. The Balaban J connectivity index is 0.000000420. The highest BCUT2D eigenvalue weighted by molar-refractivity contribution is 8.03. The first kappa shape index (κ1) is 31.1. The van der Waals surface area contributed by atoms with Crippen LogP contribution in [0.25, 0.3) is 0 Å². The summed E-state index contributed by atoms with van der Waals surface area (Å²) in [6.07, 6.45) is 0.667. The zero-order valence-electron chi connectivity index (χ0n) is 18.6. The fourth-order valence-electron chi connectivity index (χ4n) is 1.83. The maximum absolute atomic E-state index is 11.7. The summed E-state index contributed by atoms with van der Waals surface area (Å²) in [5.41, 5.74) is 4.88. The number of hydrogen-bond acceptors (Lipinski definition) is 12. The first-order valence-electron chi connectivity index (χ1n) is 8.72. The number of carbonyl (C=O) groups excluding carboxylic acids is 1. The summed E-state index contributed by atoms with van der Waals surface area (Å²) in [4.78, 5) is 33.2. The number of aromatic carboxylic acids is 1. The van der Waals surface area contributed by atoms with Crippen molar-refractivity contribution in [2.75, 3.05) is 38.6 Å². The molecule has 0 bridgehead atoms. The molecule has 0 aromatic carbocycles. The number of urea groups is 1. The number of carbonyl (C=O) groups is 2. The summed E-state index contributed by atoms with van der Waals surface area (Å²) in [5.74, 6) is -1.50. The van der Waals surface area contributed by atoms with Gasteiger partial charge in [-0.3, -0.25) is 5.32 Å². The van der Waals surface area contributed by atoms with Crippen molar-refractivity contribution in [3.63, 3.8) is 0 Å². The lowest BCUT2D eigenvalue weighted by Crippen LogP contribution is -2.45. The Labute approximate surface area is 219 Å². The second kappa shape index (κ2) is 12.4. The monoisotopic (exact) mass is 609 g/mol. The average molecular weight is 611 g/mol. The number of nitrogens with one attached hydrogen (secondary N) is 2. The van der Waals surface area contributed by atoms with Crippen LogP contribution in [0.3, 0.4) is 0 Å². The van der Waals surface area contributed by atoms with Crippen LogP contribution < -0.4 is 25.2 Å². The normalized spacial score (nSPS) is 11.2. The van der Waals surface area contributed by atoms with Crippen molar-refractivity contribution >= 4 is 78.7 Å². The Morgan fingerprint density at radius 2 is 1.53 bits per heavy atom. The largest absolute Gasteiger partial charge is 0.481 e. The third kappa shape index (κ3) is 8.35. The van der Waals surface area contributed by atoms with Crippen molar-refractivity contribution in [3.8, 4) is 11.8 Å². The average Bonchev–Trinajstić information content (AvgIpc) is 2.78. The number of amides is 2. The summed E-state index contributed by atoms with van der Waals surface area (Å²) in [5, 5.41) is 10.2. The molecule has 0 unspecified atom stereocenters. The SMILES string of the molecule is COc1cc(OC)nc(NC(=O)NS(=O)(=O)N(C)S(C)(=O)=O)n1.Nc1c(Cl)c(Cl)nc(C(=O)O)c1Cl. The van der Waals surface area contributed by atoms with E-state index in [2.05, 4.69) is 15.0 Å². The molecule has 21 heteroatoms. The van der Waals surface area contributed by atoms with E-state index in [1.165, 1.54) is 25.0 Å².